The van der Waals surface area contributed by atoms with E-state index in [4.69, 9.17) is 14.2 Å². The van der Waals surface area contributed by atoms with E-state index in [2.05, 4.69) is 0 Å². The van der Waals surface area contributed by atoms with Gasteiger partial charge in [-0.2, -0.15) is 0 Å². The molecule has 0 saturated heterocycles. The molecule has 5 nitrogen and oxygen atoms in total. The van der Waals surface area contributed by atoms with Gasteiger partial charge in [0.05, 0.1) is 25.7 Å². The van der Waals surface area contributed by atoms with Crippen molar-refractivity contribution in [3.63, 3.8) is 0 Å². The Morgan fingerprint density at radius 2 is 1.81 bits per heavy atom. The summed E-state index contributed by atoms with van der Waals surface area (Å²) in [5.74, 6) is 0.588. The van der Waals surface area contributed by atoms with Crippen LogP contribution in [0, 0.1) is 0 Å². The van der Waals surface area contributed by atoms with Crippen LogP contribution in [-0.2, 0) is 16.0 Å². The molecule has 0 N–H and O–H groups in total. The summed E-state index contributed by atoms with van der Waals surface area (Å²) in [6.45, 7) is 7.32. The molecule has 0 aliphatic rings. The van der Waals surface area contributed by atoms with Crippen molar-refractivity contribution in [2.24, 2.45) is 0 Å². The minimum absolute atomic E-state index is 0.0184. The number of ether oxygens (including phenoxy) is 3. The normalized spacial score (nSPS) is 10.6. The van der Waals surface area contributed by atoms with Gasteiger partial charge in [0.2, 0.25) is 0 Å². The van der Waals surface area contributed by atoms with Crippen molar-refractivity contribution in [3.8, 4) is 11.5 Å². The van der Waals surface area contributed by atoms with E-state index in [1.54, 1.807) is 26.0 Å². The van der Waals surface area contributed by atoms with Crippen molar-refractivity contribution in [3.05, 3.63) is 23.3 Å². The van der Waals surface area contributed by atoms with Crippen molar-refractivity contribution < 1.29 is 23.8 Å². The highest BCUT2D eigenvalue weighted by Crippen LogP contribution is 2.31. The number of aldehydes is 1. The zero-order valence-corrected chi connectivity index (χ0v) is 13.1. The zero-order chi connectivity index (χ0) is 16.0. The Morgan fingerprint density at radius 1 is 1.14 bits per heavy atom. The fourth-order valence-electron chi connectivity index (χ4n) is 1.85. The number of hydrogen-bond acceptors (Lipinski definition) is 5. The summed E-state index contributed by atoms with van der Waals surface area (Å²) in [6, 6.07) is 3.23. The fraction of sp³-hybridized carbons (Fsp3) is 0.500. The molecule has 5 heteroatoms. The minimum atomic E-state index is -0.382. The number of esters is 1. The lowest BCUT2D eigenvalue weighted by molar-refractivity contribution is -0.146. The van der Waals surface area contributed by atoms with E-state index in [9.17, 15) is 9.59 Å². The molecule has 0 amide bonds. The first-order valence-corrected chi connectivity index (χ1v) is 6.89. The monoisotopic (exact) mass is 294 g/mol. The molecule has 1 aromatic rings. The van der Waals surface area contributed by atoms with Crippen LogP contribution in [0.3, 0.4) is 0 Å². The standard InChI is InChI=1S/C16H22O5/c1-10(2)20-15-7-13(9-17)12(6-14(15)19-5)8-16(18)21-11(3)4/h6-7,9-11H,8H2,1-5H3. The van der Waals surface area contributed by atoms with Gasteiger partial charge in [-0.3, -0.25) is 9.59 Å². The lowest BCUT2D eigenvalue weighted by Gasteiger charge is -2.16. The van der Waals surface area contributed by atoms with Gasteiger partial charge in [0.25, 0.3) is 0 Å². The van der Waals surface area contributed by atoms with E-state index in [1.165, 1.54) is 7.11 Å². The highest BCUT2D eigenvalue weighted by atomic mass is 16.5. The van der Waals surface area contributed by atoms with Gasteiger partial charge in [0.1, 0.15) is 6.29 Å². The maximum atomic E-state index is 11.7. The van der Waals surface area contributed by atoms with Crippen LogP contribution in [0.2, 0.25) is 0 Å². The lowest BCUT2D eigenvalue weighted by Crippen LogP contribution is -2.15. The highest BCUT2D eigenvalue weighted by Gasteiger charge is 2.16. The summed E-state index contributed by atoms with van der Waals surface area (Å²) in [4.78, 5) is 23.0. The van der Waals surface area contributed by atoms with Crippen LogP contribution < -0.4 is 9.47 Å². The minimum Gasteiger partial charge on any atom is -0.493 e. The molecular formula is C16H22O5. The van der Waals surface area contributed by atoms with Gasteiger partial charge in [-0.25, -0.2) is 0 Å². The molecule has 0 spiro atoms. The molecule has 0 bridgehead atoms. The third kappa shape index (κ3) is 5.10. The Morgan fingerprint density at radius 3 is 2.29 bits per heavy atom. The number of carbonyl (C=O) groups excluding carboxylic acids is 2. The average Bonchev–Trinajstić information content (AvgIpc) is 2.38. The number of hydrogen-bond donors (Lipinski definition) is 0. The first-order valence-electron chi connectivity index (χ1n) is 6.89. The SMILES string of the molecule is COc1cc(CC(=O)OC(C)C)c(C=O)cc1OC(C)C. The molecule has 0 radical (unpaired) electrons. The van der Waals surface area contributed by atoms with Crippen molar-refractivity contribution >= 4 is 12.3 Å². The molecular weight excluding hydrogens is 272 g/mol. The van der Waals surface area contributed by atoms with E-state index in [1.807, 2.05) is 13.8 Å². The zero-order valence-electron chi connectivity index (χ0n) is 13.1. The lowest BCUT2D eigenvalue weighted by atomic mass is 10.0. The molecule has 0 saturated carbocycles. The van der Waals surface area contributed by atoms with E-state index in [0.29, 0.717) is 28.9 Å². The second-order valence-electron chi connectivity index (χ2n) is 5.20. The average molecular weight is 294 g/mol. The van der Waals surface area contributed by atoms with E-state index < -0.39 is 0 Å². The predicted molar refractivity (Wildman–Crippen MR) is 79.1 cm³/mol. The van der Waals surface area contributed by atoms with Crippen molar-refractivity contribution in [2.45, 2.75) is 46.3 Å². The Labute approximate surface area is 125 Å². The highest BCUT2D eigenvalue weighted by molar-refractivity contribution is 5.83. The Balaban J connectivity index is 3.09. The molecule has 0 aliphatic carbocycles. The summed E-state index contributed by atoms with van der Waals surface area (Å²) < 4.78 is 16.0. The van der Waals surface area contributed by atoms with E-state index >= 15 is 0 Å². The first kappa shape index (κ1) is 17.0. The van der Waals surface area contributed by atoms with Crippen molar-refractivity contribution in [1.82, 2.24) is 0 Å². The van der Waals surface area contributed by atoms with Crippen LogP contribution in [0.4, 0.5) is 0 Å². The second-order valence-corrected chi connectivity index (χ2v) is 5.20. The molecule has 0 atom stereocenters. The molecule has 0 fully saturated rings. The molecule has 0 aromatic heterocycles. The van der Waals surface area contributed by atoms with Crippen LogP contribution in [0.15, 0.2) is 12.1 Å². The van der Waals surface area contributed by atoms with Crippen LogP contribution in [0.1, 0.15) is 43.6 Å². The number of carbonyl (C=O) groups is 2. The van der Waals surface area contributed by atoms with Crippen LogP contribution in [0.5, 0.6) is 11.5 Å². The Bertz CT molecular complexity index is 506. The summed E-state index contributed by atoms with van der Waals surface area (Å²) >= 11 is 0. The topological polar surface area (TPSA) is 61.8 Å². The molecule has 0 aliphatic heterocycles. The summed E-state index contributed by atoms with van der Waals surface area (Å²) in [5.41, 5.74) is 0.954. The van der Waals surface area contributed by atoms with Gasteiger partial charge >= 0.3 is 5.97 Å². The van der Waals surface area contributed by atoms with Crippen LogP contribution >= 0.6 is 0 Å². The second kappa shape index (κ2) is 7.67. The van der Waals surface area contributed by atoms with Gasteiger partial charge in [-0.1, -0.05) is 0 Å². The maximum Gasteiger partial charge on any atom is 0.310 e. The molecule has 1 rings (SSSR count). The van der Waals surface area contributed by atoms with E-state index in [-0.39, 0.29) is 24.6 Å². The van der Waals surface area contributed by atoms with Crippen LogP contribution in [0.25, 0.3) is 0 Å². The van der Waals surface area contributed by atoms with E-state index in [0.717, 1.165) is 0 Å². The quantitative estimate of drug-likeness (QED) is 0.571. The molecule has 0 heterocycles. The van der Waals surface area contributed by atoms with Gasteiger partial charge in [0.15, 0.2) is 11.5 Å². The summed E-state index contributed by atoms with van der Waals surface area (Å²) in [6.07, 6.45) is 0.479. The van der Waals surface area contributed by atoms with Gasteiger partial charge < -0.3 is 14.2 Å². The van der Waals surface area contributed by atoms with Gasteiger partial charge in [0, 0.05) is 5.56 Å². The third-order valence-corrected chi connectivity index (χ3v) is 2.62. The first-order chi connectivity index (χ1) is 9.87. The largest absolute Gasteiger partial charge is 0.493 e. The smallest absolute Gasteiger partial charge is 0.310 e. The molecule has 21 heavy (non-hydrogen) atoms. The molecule has 1 aromatic carbocycles. The number of methoxy groups -OCH3 is 1. The summed E-state index contributed by atoms with van der Waals surface area (Å²) in [7, 11) is 1.51. The van der Waals surface area contributed by atoms with Gasteiger partial charge in [-0.05, 0) is 45.4 Å². The Hall–Kier alpha value is -2.04. The molecule has 0 unspecified atom stereocenters. The number of rotatable bonds is 7. The fourth-order valence-corrected chi connectivity index (χ4v) is 1.85. The maximum absolute atomic E-state index is 11.7. The number of benzene rings is 1. The van der Waals surface area contributed by atoms with Crippen molar-refractivity contribution in [1.29, 1.82) is 0 Å². The third-order valence-electron chi connectivity index (χ3n) is 2.62. The summed E-state index contributed by atoms with van der Waals surface area (Å²) in [5, 5.41) is 0. The Kier molecular flexibility index (Phi) is 6.21. The van der Waals surface area contributed by atoms with Gasteiger partial charge in [-0.15, -0.1) is 0 Å². The van der Waals surface area contributed by atoms with Crippen molar-refractivity contribution in [2.75, 3.05) is 7.11 Å². The molecule has 116 valence electrons. The predicted octanol–water partition coefficient (Wildman–Crippen LogP) is 2.79. The van der Waals surface area contributed by atoms with Crippen LogP contribution in [-0.4, -0.2) is 31.6 Å².